The number of amides is 1. The average Bonchev–Trinajstić information content (AvgIpc) is 2.94. The summed E-state index contributed by atoms with van der Waals surface area (Å²) in [7, 11) is -3.08. The van der Waals surface area contributed by atoms with Crippen molar-refractivity contribution in [2.24, 2.45) is 5.92 Å². The van der Waals surface area contributed by atoms with Crippen molar-refractivity contribution in [3.8, 4) is 0 Å². The molecule has 5 nitrogen and oxygen atoms in total. The van der Waals surface area contributed by atoms with E-state index in [1.807, 2.05) is 0 Å². The summed E-state index contributed by atoms with van der Waals surface area (Å²) in [5.74, 6) is -0.268. The molecular formula is C10H16N2O3S. The van der Waals surface area contributed by atoms with E-state index in [1.54, 1.807) is 6.08 Å². The fourth-order valence-electron chi connectivity index (χ4n) is 1.71. The quantitative estimate of drug-likeness (QED) is 0.676. The van der Waals surface area contributed by atoms with E-state index < -0.39 is 10.0 Å². The number of rotatable bonds is 5. The number of hydrogen-bond acceptors (Lipinski definition) is 3. The van der Waals surface area contributed by atoms with Gasteiger partial charge in [-0.1, -0.05) is 6.08 Å². The monoisotopic (exact) mass is 244 g/mol. The summed E-state index contributed by atoms with van der Waals surface area (Å²) in [6.45, 7) is 4.61. The number of carbonyl (C=O) groups excluding carboxylic acids is 1. The molecule has 1 saturated heterocycles. The number of nitrogens with one attached hydrogen (secondary N) is 1. The Kier molecular flexibility index (Phi) is 3.03. The summed E-state index contributed by atoms with van der Waals surface area (Å²) in [6, 6.07) is 0. The fourth-order valence-corrected chi connectivity index (χ4v) is 3.63. The third-order valence-corrected chi connectivity index (χ3v) is 5.28. The zero-order valence-electron chi connectivity index (χ0n) is 9.05. The van der Waals surface area contributed by atoms with Crippen LogP contribution in [0, 0.1) is 5.92 Å². The van der Waals surface area contributed by atoms with E-state index in [9.17, 15) is 13.2 Å². The molecule has 1 amide bonds. The topological polar surface area (TPSA) is 66.5 Å². The Morgan fingerprint density at radius 2 is 2.06 bits per heavy atom. The molecule has 0 unspecified atom stereocenters. The smallest absolute Gasteiger partial charge is 0.226 e. The molecule has 0 spiro atoms. The van der Waals surface area contributed by atoms with Crippen LogP contribution in [-0.2, 0) is 14.8 Å². The lowest BCUT2D eigenvalue weighted by Crippen LogP contribution is -2.56. The summed E-state index contributed by atoms with van der Waals surface area (Å²) in [6.07, 6.45) is 3.15. The Bertz CT molecular complexity index is 394. The van der Waals surface area contributed by atoms with Crippen LogP contribution < -0.4 is 5.32 Å². The maximum Gasteiger partial charge on any atom is 0.226 e. The first-order chi connectivity index (χ1) is 7.55. The first-order valence-electron chi connectivity index (χ1n) is 5.43. The minimum atomic E-state index is -3.08. The molecule has 2 rings (SSSR count). The average molecular weight is 244 g/mol. The molecule has 1 aliphatic heterocycles. The molecule has 0 aromatic heterocycles. The molecule has 1 N–H and O–H groups in total. The molecule has 16 heavy (non-hydrogen) atoms. The van der Waals surface area contributed by atoms with Crippen molar-refractivity contribution in [1.29, 1.82) is 0 Å². The summed E-state index contributed by atoms with van der Waals surface area (Å²) < 4.78 is 24.9. The van der Waals surface area contributed by atoms with Gasteiger partial charge in [-0.3, -0.25) is 4.79 Å². The highest BCUT2D eigenvalue weighted by Gasteiger charge is 2.46. The molecular weight excluding hydrogens is 228 g/mol. The number of sulfonamides is 1. The van der Waals surface area contributed by atoms with Gasteiger partial charge in [-0.2, -0.15) is 4.31 Å². The molecule has 0 radical (unpaired) electrons. The third-order valence-electron chi connectivity index (χ3n) is 2.94. The molecule has 2 fully saturated rings. The molecule has 6 heteroatoms. The standard InChI is InChI=1S/C10H16N2O3S/c1-2-5-11-10(13)8-6-12(7-8)16(14,15)9-3-4-9/h2,8-9H,1,3-7H2,(H,11,13). The second kappa shape index (κ2) is 4.18. The maximum atomic E-state index is 11.7. The van der Waals surface area contributed by atoms with Crippen LogP contribution in [0.25, 0.3) is 0 Å². The van der Waals surface area contributed by atoms with Gasteiger partial charge in [0, 0.05) is 19.6 Å². The Labute approximate surface area is 95.6 Å². The normalized spacial score (nSPS) is 22.5. The van der Waals surface area contributed by atoms with Crippen molar-refractivity contribution in [3.05, 3.63) is 12.7 Å². The van der Waals surface area contributed by atoms with Crippen molar-refractivity contribution < 1.29 is 13.2 Å². The SMILES string of the molecule is C=CCNC(=O)C1CN(S(=O)(=O)C2CC2)C1. The molecule has 90 valence electrons. The van der Waals surface area contributed by atoms with Crippen molar-refractivity contribution in [3.63, 3.8) is 0 Å². The summed E-state index contributed by atoms with van der Waals surface area (Å²) >= 11 is 0. The van der Waals surface area contributed by atoms with Gasteiger partial charge in [0.15, 0.2) is 0 Å². The van der Waals surface area contributed by atoms with Gasteiger partial charge in [-0.15, -0.1) is 6.58 Å². The molecule has 2 aliphatic rings. The fraction of sp³-hybridized carbons (Fsp3) is 0.700. The summed E-state index contributed by atoms with van der Waals surface area (Å²) in [5.41, 5.74) is 0. The Hall–Kier alpha value is -0.880. The van der Waals surface area contributed by atoms with Crippen LogP contribution in [0.1, 0.15) is 12.8 Å². The van der Waals surface area contributed by atoms with Gasteiger partial charge >= 0.3 is 0 Å². The van der Waals surface area contributed by atoms with Crippen LogP contribution in [0.3, 0.4) is 0 Å². The Morgan fingerprint density at radius 3 is 2.56 bits per heavy atom. The van der Waals surface area contributed by atoms with Crippen molar-refractivity contribution in [2.45, 2.75) is 18.1 Å². The second-order valence-electron chi connectivity index (χ2n) is 4.29. The molecule has 0 bridgehead atoms. The van der Waals surface area contributed by atoms with Crippen LogP contribution in [0.5, 0.6) is 0 Å². The van der Waals surface area contributed by atoms with E-state index in [1.165, 1.54) is 4.31 Å². The van der Waals surface area contributed by atoms with Crippen molar-refractivity contribution in [2.75, 3.05) is 19.6 Å². The second-order valence-corrected chi connectivity index (χ2v) is 6.51. The molecule has 0 atom stereocenters. The Morgan fingerprint density at radius 1 is 1.44 bits per heavy atom. The van der Waals surface area contributed by atoms with Gasteiger partial charge in [0.1, 0.15) is 0 Å². The van der Waals surface area contributed by atoms with E-state index in [0.29, 0.717) is 19.6 Å². The number of carbonyl (C=O) groups is 1. The lowest BCUT2D eigenvalue weighted by atomic mass is 10.0. The van der Waals surface area contributed by atoms with E-state index >= 15 is 0 Å². The first-order valence-corrected chi connectivity index (χ1v) is 6.93. The molecule has 0 aromatic rings. The van der Waals surface area contributed by atoms with Crippen molar-refractivity contribution >= 4 is 15.9 Å². The molecule has 1 saturated carbocycles. The lowest BCUT2D eigenvalue weighted by molar-refractivity contribution is -0.127. The first kappa shape index (κ1) is 11.6. The minimum Gasteiger partial charge on any atom is -0.352 e. The van der Waals surface area contributed by atoms with Crippen LogP contribution in [0.2, 0.25) is 0 Å². The van der Waals surface area contributed by atoms with E-state index in [-0.39, 0.29) is 17.1 Å². The zero-order chi connectivity index (χ0) is 11.8. The maximum absolute atomic E-state index is 11.7. The van der Waals surface area contributed by atoms with Gasteiger partial charge in [0.2, 0.25) is 15.9 Å². The third kappa shape index (κ3) is 2.12. The largest absolute Gasteiger partial charge is 0.352 e. The van der Waals surface area contributed by atoms with Crippen LogP contribution in [-0.4, -0.2) is 43.5 Å². The van der Waals surface area contributed by atoms with Gasteiger partial charge in [0.05, 0.1) is 11.2 Å². The van der Waals surface area contributed by atoms with Gasteiger partial charge in [-0.05, 0) is 12.8 Å². The summed E-state index contributed by atoms with van der Waals surface area (Å²) in [5, 5.41) is 2.50. The molecule has 1 heterocycles. The highest BCUT2D eigenvalue weighted by Crippen LogP contribution is 2.34. The van der Waals surface area contributed by atoms with Gasteiger partial charge < -0.3 is 5.32 Å². The number of hydrogen-bond donors (Lipinski definition) is 1. The van der Waals surface area contributed by atoms with E-state index in [2.05, 4.69) is 11.9 Å². The molecule has 1 aliphatic carbocycles. The van der Waals surface area contributed by atoms with Crippen LogP contribution in [0.4, 0.5) is 0 Å². The van der Waals surface area contributed by atoms with E-state index in [4.69, 9.17) is 0 Å². The predicted molar refractivity (Wildman–Crippen MR) is 60.2 cm³/mol. The highest BCUT2D eigenvalue weighted by atomic mass is 32.2. The highest BCUT2D eigenvalue weighted by molar-refractivity contribution is 7.90. The van der Waals surface area contributed by atoms with E-state index in [0.717, 1.165) is 12.8 Å². The summed E-state index contributed by atoms with van der Waals surface area (Å²) in [4.78, 5) is 11.5. The van der Waals surface area contributed by atoms with Gasteiger partial charge in [0.25, 0.3) is 0 Å². The molecule has 0 aromatic carbocycles. The Balaban J connectivity index is 1.81. The van der Waals surface area contributed by atoms with Crippen LogP contribution >= 0.6 is 0 Å². The minimum absolute atomic E-state index is 0.0813. The zero-order valence-corrected chi connectivity index (χ0v) is 9.87. The number of nitrogens with zero attached hydrogens (tertiary/aromatic N) is 1. The lowest BCUT2D eigenvalue weighted by Gasteiger charge is -2.37. The van der Waals surface area contributed by atoms with Crippen molar-refractivity contribution in [1.82, 2.24) is 9.62 Å². The van der Waals surface area contributed by atoms with Crippen LogP contribution in [0.15, 0.2) is 12.7 Å². The predicted octanol–water partition coefficient (Wildman–Crippen LogP) is -0.287. The van der Waals surface area contributed by atoms with Gasteiger partial charge in [-0.25, -0.2) is 8.42 Å².